The molecule has 6 heteroatoms. The second-order valence-corrected chi connectivity index (χ2v) is 6.36. The molecule has 0 radical (unpaired) electrons. The number of sulfonamides is 1. The number of hydrogen-bond donors (Lipinski definition) is 2. The lowest BCUT2D eigenvalue weighted by molar-refractivity contribution is 0.0696. The highest BCUT2D eigenvalue weighted by molar-refractivity contribution is 7.89. The van der Waals surface area contributed by atoms with Gasteiger partial charge in [-0.1, -0.05) is 13.0 Å². The zero-order chi connectivity index (χ0) is 14.0. The van der Waals surface area contributed by atoms with Crippen molar-refractivity contribution in [3.05, 3.63) is 29.8 Å². The fourth-order valence-electron chi connectivity index (χ4n) is 1.29. The fourth-order valence-corrected chi connectivity index (χ4v) is 2.82. The monoisotopic (exact) mass is 271 g/mol. The SMILES string of the molecule is CCC(C)(C)NS(=O)(=O)c1cccc(C(=O)O)c1. The predicted octanol–water partition coefficient (Wildman–Crippen LogP) is 1.85. The lowest BCUT2D eigenvalue weighted by Crippen LogP contribution is -2.42. The molecule has 0 fully saturated rings. The summed E-state index contributed by atoms with van der Waals surface area (Å²) in [6.45, 7) is 5.41. The third kappa shape index (κ3) is 3.54. The van der Waals surface area contributed by atoms with Gasteiger partial charge in [0.1, 0.15) is 0 Å². The number of rotatable bonds is 5. The van der Waals surface area contributed by atoms with E-state index >= 15 is 0 Å². The van der Waals surface area contributed by atoms with Crippen LogP contribution in [0.15, 0.2) is 29.2 Å². The average Bonchev–Trinajstić information content (AvgIpc) is 2.28. The first kappa shape index (κ1) is 14.7. The number of hydrogen-bond acceptors (Lipinski definition) is 3. The summed E-state index contributed by atoms with van der Waals surface area (Å²) in [4.78, 5) is 10.8. The summed E-state index contributed by atoms with van der Waals surface area (Å²) < 4.78 is 26.7. The number of benzene rings is 1. The molecule has 0 aliphatic heterocycles. The second-order valence-electron chi connectivity index (χ2n) is 4.68. The summed E-state index contributed by atoms with van der Waals surface area (Å²) in [5.41, 5.74) is -0.620. The summed E-state index contributed by atoms with van der Waals surface area (Å²) in [6, 6.07) is 5.29. The average molecular weight is 271 g/mol. The van der Waals surface area contributed by atoms with Crippen LogP contribution < -0.4 is 4.72 Å². The molecule has 0 spiro atoms. The third-order valence-corrected chi connectivity index (χ3v) is 4.38. The van der Waals surface area contributed by atoms with Gasteiger partial charge in [-0.3, -0.25) is 0 Å². The van der Waals surface area contributed by atoms with E-state index in [1.807, 2.05) is 6.92 Å². The zero-order valence-electron chi connectivity index (χ0n) is 10.6. The first-order valence-corrected chi connectivity index (χ1v) is 7.03. The Bertz CT molecular complexity index is 549. The van der Waals surface area contributed by atoms with Crippen LogP contribution in [0.3, 0.4) is 0 Å². The molecule has 0 saturated carbocycles. The Balaban J connectivity index is 3.13. The zero-order valence-corrected chi connectivity index (χ0v) is 11.4. The van der Waals surface area contributed by atoms with Crippen LogP contribution in [0.2, 0.25) is 0 Å². The van der Waals surface area contributed by atoms with Crippen molar-refractivity contribution >= 4 is 16.0 Å². The highest BCUT2D eigenvalue weighted by atomic mass is 32.2. The van der Waals surface area contributed by atoms with Gasteiger partial charge in [-0.2, -0.15) is 0 Å². The number of nitrogens with one attached hydrogen (secondary N) is 1. The van der Waals surface area contributed by atoms with Gasteiger partial charge < -0.3 is 5.11 Å². The molecule has 0 amide bonds. The molecule has 2 N–H and O–H groups in total. The van der Waals surface area contributed by atoms with Crippen LogP contribution in [-0.4, -0.2) is 25.0 Å². The second kappa shape index (κ2) is 5.07. The van der Waals surface area contributed by atoms with Crippen LogP contribution in [0, 0.1) is 0 Å². The summed E-state index contributed by atoms with van der Waals surface area (Å²) in [6.07, 6.45) is 0.630. The predicted molar refractivity (Wildman–Crippen MR) is 68.1 cm³/mol. The molecule has 1 rings (SSSR count). The molecular formula is C12H17NO4S. The van der Waals surface area contributed by atoms with Crippen molar-refractivity contribution in [2.24, 2.45) is 0 Å². The van der Waals surface area contributed by atoms with Crippen LogP contribution >= 0.6 is 0 Å². The Kier molecular flexibility index (Phi) is 4.13. The maximum absolute atomic E-state index is 12.1. The van der Waals surface area contributed by atoms with Crippen molar-refractivity contribution in [1.82, 2.24) is 4.72 Å². The Morgan fingerprint density at radius 2 is 2.00 bits per heavy atom. The summed E-state index contributed by atoms with van der Waals surface area (Å²) in [5.74, 6) is -1.15. The molecule has 0 unspecified atom stereocenters. The smallest absolute Gasteiger partial charge is 0.335 e. The Hall–Kier alpha value is -1.40. The van der Waals surface area contributed by atoms with E-state index in [1.54, 1.807) is 13.8 Å². The van der Waals surface area contributed by atoms with Gasteiger partial charge in [-0.25, -0.2) is 17.9 Å². The molecular weight excluding hydrogens is 254 g/mol. The Labute approximate surface area is 107 Å². The lowest BCUT2D eigenvalue weighted by atomic mass is 10.0. The first-order chi connectivity index (χ1) is 8.18. The molecule has 0 atom stereocenters. The molecule has 0 aromatic heterocycles. The number of carboxylic acids is 1. The van der Waals surface area contributed by atoms with Crippen molar-refractivity contribution < 1.29 is 18.3 Å². The minimum Gasteiger partial charge on any atom is -0.478 e. The van der Waals surface area contributed by atoms with Crippen molar-refractivity contribution in [2.45, 2.75) is 37.6 Å². The van der Waals surface area contributed by atoms with E-state index in [1.165, 1.54) is 18.2 Å². The topological polar surface area (TPSA) is 83.5 Å². The van der Waals surface area contributed by atoms with E-state index in [-0.39, 0.29) is 10.5 Å². The molecule has 5 nitrogen and oxygen atoms in total. The maximum Gasteiger partial charge on any atom is 0.335 e. The minimum atomic E-state index is -3.70. The Morgan fingerprint density at radius 3 is 2.50 bits per heavy atom. The standard InChI is InChI=1S/C12H17NO4S/c1-4-12(2,3)13-18(16,17)10-7-5-6-9(8-10)11(14)15/h5-8,13H,4H2,1-3H3,(H,14,15). The lowest BCUT2D eigenvalue weighted by Gasteiger charge is -2.24. The van der Waals surface area contributed by atoms with Crippen LogP contribution in [0.5, 0.6) is 0 Å². The highest BCUT2D eigenvalue weighted by Crippen LogP contribution is 2.16. The van der Waals surface area contributed by atoms with Crippen LogP contribution in [0.25, 0.3) is 0 Å². The summed E-state index contributed by atoms with van der Waals surface area (Å²) in [5, 5.41) is 8.84. The molecule has 0 heterocycles. The van der Waals surface area contributed by atoms with Gasteiger partial charge in [0.15, 0.2) is 0 Å². The van der Waals surface area contributed by atoms with Gasteiger partial charge in [0.2, 0.25) is 10.0 Å². The highest BCUT2D eigenvalue weighted by Gasteiger charge is 2.24. The van der Waals surface area contributed by atoms with Gasteiger partial charge in [0, 0.05) is 5.54 Å². The molecule has 0 aliphatic carbocycles. The third-order valence-electron chi connectivity index (χ3n) is 2.69. The molecule has 1 aromatic rings. The molecule has 18 heavy (non-hydrogen) atoms. The fraction of sp³-hybridized carbons (Fsp3) is 0.417. The van der Waals surface area contributed by atoms with E-state index in [0.29, 0.717) is 6.42 Å². The van der Waals surface area contributed by atoms with Gasteiger partial charge in [0.05, 0.1) is 10.5 Å². The van der Waals surface area contributed by atoms with Crippen LogP contribution in [0.4, 0.5) is 0 Å². The molecule has 1 aromatic carbocycles. The van der Waals surface area contributed by atoms with Crippen molar-refractivity contribution in [3.8, 4) is 0 Å². The quantitative estimate of drug-likeness (QED) is 0.856. The molecule has 100 valence electrons. The molecule has 0 bridgehead atoms. The van der Waals surface area contributed by atoms with E-state index in [4.69, 9.17) is 5.11 Å². The number of carboxylic acid groups (broad SMARTS) is 1. The van der Waals surface area contributed by atoms with Crippen molar-refractivity contribution in [1.29, 1.82) is 0 Å². The Morgan fingerprint density at radius 1 is 1.39 bits per heavy atom. The minimum absolute atomic E-state index is 0.0380. The van der Waals surface area contributed by atoms with Gasteiger partial charge in [0.25, 0.3) is 0 Å². The normalized spacial score (nSPS) is 12.4. The van der Waals surface area contributed by atoms with Gasteiger partial charge in [-0.15, -0.1) is 0 Å². The van der Waals surface area contributed by atoms with Crippen LogP contribution in [0.1, 0.15) is 37.6 Å². The number of aromatic carboxylic acids is 1. The molecule has 0 saturated heterocycles. The summed E-state index contributed by atoms with van der Waals surface area (Å²) in [7, 11) is -3.70. The molecule has 0 aliphatic rings. The van der Waals surface area contributed by atoms with Crippen molar-refractivity contribution in [3.63, 3.8) is 0 Å². The van der Waals surface area contributed by atoms with E-state index in [2.05, 4.69) is 4.72 Å². The van der Waals surface area contributed by atoms with Gasteiger partial charge >= 0.3 is 5.97 Å². The van der Waals surface area contributed by atoms with E-state index in [9.17, 15) is 13.2 Å². The van der Waals surface area contributed by atoms with Gasteiger partial charge in [-0.05, 0) is 38.5 Å². The van der Waals surface area contributed by atoms with E-state index < -0.39 is 21.5 Å². The van der Waals surface area contributed by atoms with E-state index in [0.717, 1.165) is 6.07 Å². The van der Waals surface area contributed by atoms with Crippen LogP contribution in [-0.2, 0) is 10.0 Å². The first-order valence-electron chi connectivity index (χ1n) is 5.55. The number of carbonyl (C=O) groups is 1. The summed E-state index contributed by atoms with van der Waals surface area (Å²) >= 11 is 0. The van der Waals surface area contributed by atoms with Crippen molar-refractivity contribution in [2.75, 3.05) is 0 Å². The largest absolute Gasteiger partial charge is 0.478 e. The maximum atomic E-state index is 12.1.